The Bertz CT molecular complexity index is 477. The van der Waals surface area contributed by atoms with Gasteiger partial charge in [0.2, 0.25) is 0 Å². The summed E-state index contributed by atoms with van der Waals surface area (Å²) in [5.41, 5.74) is -11.5. The molecule has 0 nitrogen and oxygen atoms in total. The average Bonchev–Trinajstić information content (AvgIpc) is 2.21. The largest absolute Gasteiger partial charge is 0.433 e. The van der Waals surface area contributed by atoms with Crippen LogP contribution in [0, 0.1) is 11.8 Å². The van der Waals surface area contributed by atoms with Crippen molar-refractivity contribution >= 4 is 38.5 Å². The van der Waals surface area contributed by atoms with E-state index in [1.54, 1.807) is 0 Å². The van der Waals surface area contributed by atoms with E-state index in [2.05, 4.69) is 15.9 Å². The number of alkyl halides is 10. The van der Waals surface area contributed by atoms with Crippen molar-refractivity contribution in [2.45, 2.75) is 24.2 Å². The van der Waals surface area contributed by atoms with Crippen LogP contribution >= 0.6 is 38.5 Å². The predicted octanol–water partition coefficient (Wildman–Crippen LogP) is 6.18. The van der Waals surface area contributed by atoms with Gasteiger partial charge in [-0.1, -0.05) is 28.1 Å². The Morgan fingerprint density at radius 2 is 1.23 bits per heavy atom. The number of allylic oxidation sites excluding steroid dienone is 4. The van der Waals surface area contributed by atoms with Crippen LogP contribution in [-0.4, -0.2) is 24.2 Å². The fourth-order valence-corrected chi connectivity index (χ4v) is 3.74. The monoisotopic (exact) mass is 519 g/mol. The van der Waals surface area contributed by atoms with Crippen LogP contribution < -0.4 is 0 Å². The molecule has 0 saturated carbocycles. The third-order valence-corrected chi connectivity index (χ3v) is 3.91. The fourth-order valence-electron chi connectivity index (χ4n) is 1.88. The Hall–Kier alpha value is -0.0100. The molecule has 0 aromatic rings. The van der Waals surface area contributed by atoms with Crippen LogP contribution in [0.1, 0.15) is 0 Å². The molecule has 1 rings (SSSR count). The van der Waals surface area contributed by atoms with Gasteiger partial charge in [0.25, 0.3) is 0 Å². The topological polar surface area (TPSA) is 0 Å². The summed E-state index contributed by atoms with van der Waals surface area (Å²) in [5, 5.41) is 0. The fraction of sp³-hybridized carbons (Fsp3) is 0.500. The zero-order valence-electron chi connectivity index (χ0n) is 9.77. The van der Waals surface area contributed by atoms with E-state index in [1.807, 2.05) is 0 Å². The van der Waals surface area contributed by atoms with Gasteiger partial charge in [0.1, 0.15) is 0 Å². The maximum Gasteiger partial charge on any atom is 0.433 e. The highest BCUT2D eigenvalue weighted by molar-refractivity contribution is 14.1. The number of hydrogen-bond acceptors (Lipinski definition) is 0. The van der Waals surface area contributed by atoms with Gasteiger partial charge in [-0.3, -0.25) is 0 Å². The molecule has 127 valence electrons. The molecule has 0 amide bonds. The van der Waals surface area contributed by atoms with Crippen LogP contribution in [0.3, 0.4) is 0 Å². The van der Waals surface area contributed by atoms with Crippen molar-refractivity contribution < 1.29 is 43.9 Å². The lowest BCUT2D eigenvalue weighted by molar-refractivity contribution is -0.396. The molecule has 22 heavy (non-hydrogen) atoms. The second kappa shape index (κ2) is 5.52. The number of halogens is 12. The Kier molecular flexibility index (Phi) is 5.02. The Labute approximate surface area is 138 Å². The highest BCUT2D eigenvalue weighted by atomic mass is 127. The van der Waals surface area contributed by atoms with E-state index < -0.39 is 49.8 Å². The Balaban J connectivity index is 3.90. The number of hydrogen-bond donors (Lipinski definition) is 0. The molecule has 0 fully saturated rings. The molecule has 0 aromatic carbocycles. The van der Waals surface area contributed by atoms with E-state index in [4.69, 9.17) is 0 Å². The second-order valence-corrected chi connectivity index (χ2v) is 6.38. The van der Waals surface area contributed by atoms with Gasteiger partial charge in [-0.05, 0) is 26.2 Å². The van der Waals surface area contributed by atoms with Crippen molar-refractivity contribution in [3.63, 3.8) is 0 Å². The summed E-state index contributed by atoms with van der Waals surface area (Å²) in [5.74, 6) is 0. The Morgan fingerprint density at radius 1 is 0.818 bits per heavy atom. The average molecular weight is 520 g/mol. The molecule has 0 aromatic heterocycles. The van der Waals surface area contributed by atoms with Gasteiger partial charge in [-0.15, -0.1) is 0 Å². The second-order valence-electron chi connectivity index (χ2n) is 4.22. The standard InChI is InChI=1S/C10H3BrF10I/c11-4-1-5(22)3-6(2-4,8(13,14)15)7(12,9(16,17)18)10(19,20)21/h1-3H. The molecular formula is C10H3BrF10I. The molecule has 0 saturated heterocycles. The van der Waals surface area contributed by atoms with E-state index in [0.29, 0.717) is 0 Å². The summed E-state index contributed by atoms with van der Waals surface area (Å²) in [7, 11) is 0. The molecule has 0 bridgehead atoms. The molecule has 1 atom stereocenters. The molecule has 0 spiro atoms. The molecule has 0 aliphatic heterocycles. The van der Waals surface area contributed by atoms with Crippen LogP contribution in [0.2, 0.25) is 0 Å². The van der Waals surface area contributed by atoms with Gasteiger partial charge in [0, 0.05) is 10.9 Å². The van der Waals surface area contributed by atoms with E-state index in [-0.39, 0.29) is 0 Å². The van der Waals surface area contributed by atoms with Crippen molar-refractivity contribution in [1.82, 2.24) is 0 Å². The van der Waals surface area contributed by atoms with Crippen LogP contribution in [0.15, 0.2) is 20.2 Å². The summed E-state index contributed by atoms with van der Waals surface area (Å²) in [6, 6.07) is 0. The molecule has 1 unspecified atom stereocenters. The lowest BCUT2D eigenvalue weighted by atomic mass is 9.69. The quantitative estimate of drug-likeness (QED) is 0.286. The van der Waals surface area contributed by atoms with E-state index in [9.17, 15) is 43.9 Å². The molecule has 1 aliphatic rings. The van der Waals surface area contributed by atoms with Crippen LogP contribution in [0.4, 0.5) is 43.9 Å². The maximum atomic E-state index is 14.1. The first-order chi connectivity index (χ1) is 9.49. The predicted molar refractivity (Wildman–Crippen MR) is 67.9 cm³/mol. The minimum absolute atomic E-state index is 0.431. The third-order valence-electron chi connectivity index (χ3n) is 2.83. The first-order valence-electron chi connectivity index (χ1n) is 5.00. The van der Waals surface area contributed by atoms with Crippen LogP contribution in [-0.2, 0) is 0 Å². The highest BCUT2D eigenvalue weighted by Crippen LogP contribution is 2.64. The summed E-state index contributed by atoms with van der Waals surface area (Å²) in [6.07, 6.45) is -20.0. The maximum absolute atomic E-state index is 14.1. The zero-order valence-corrected chi connectivity index (χ0v) is 13.5. The molecule has 0 N–H and O–H groups in total. The lowest BCUT2D eigenvalue weighted by Gasteiger charge is -2.45. The third kappa shape index (κ3) is 2.88. The zero-order chi connectivity index (χ0) is 17.8. The van der Waals surface area contributed by atoms with Gasteiger partial charge >= 0.3 is 24.2 Å². The SMILES string of the molecule is FC(F)(F)C1(C(F)(C(F)(F)F)C(F)(F)F)C=C(Br)[CH]C(I)=C1. The van der Waals surface area contributed by atoms with Crippen LogP contribution in [0.5, 0.6) is 0 Å². The molecule has 1 aliphatic carbocycles. The summed E-state index contributed by atoms with van der Waals surface area (Å²) >= 11 is 3.45. The van der Waals surface area contributed by atoms with Crippen molar-refractivity contribution in [2.24, 2.45) is 5.41 Å². The minimum Gasteiger partial charge on any atom is -0.222 e. The van der Waals surface area contributed by atoms with E-state index in [0.717, 1.165) is 29.0 Å². The summed E-state index contributed by atoms with van der Waals surface area (Å²) < 4.78 is 128. The summed E-state index contributed by atoms with van der Waals surface area (Å²) in [4.78, 5) is 0. The van der Waals surface area contributed by atoms with Gasteiger partial charge in [0.05, 0.1) is 0 Å². The van der Waals surface area contributed by atoms with Crippen molar-refractivity contribution in [1.29, 1.82) is 0 Å². The molecule has 0 heterocycles. The van der Waals surface area contributed by atoms with Crippen molar-refractivity contribution in [3.8, 4) is 0 Å². The van der Waals surface area contributed by atoms with Crippen molar-refractivity contribution in [3.05, 3.63) is 26.6 Å². The molecule has 1 radical (unpaired) electrons. The first-order valence-corrected chi connectivity index (χ1v) is 6.87. The van der Waals surface area contributed by atoms with E-state index >= 15 is 0 Å². The molecule has 12 heteroatoms. The van der Waals surface area contributed by atoms with Gasteiger partial charge in [0.15, 0.2) is 5.41 Å². The van der Waals surface area contributed by atoms with Gasteiger partial charge in [-0.2, -0.15) is 39.5 Å². The smallest absolute Gasteiger partial charge is 0.222 e. The minimum atomic E-state index is -6.85. The van der Waals surface area contributed by atoms with E-state index in [1.165, 1.54) is 0 Å². The van der Waals surface area contributed by atoms with Crippen LogP contribution in [0.25, 0.3) is 0 Å². The first kappa shape index (κ1) is 20.0. The van der Waals surface area contributed by atoms with Gasteiger partial charge in [-0.25, -0.2) is 4.39 Å². The highest BCUT2D eigenvalue weighted by Gasteiger charge is 2.86. The normalized spacial score (nSPS) is 24.9. The van der Waals surface area contributed by atoms with Crippen molar-refractivity contribution in [2.75, 3.05) is 0 Å². The molecular weight excluding hydrogens is 517 g/mol. The number of rotatable bonds is 1. The lowest BCUT2D eigenvalue weighted by Crippen LogP contribution is -2.67. The summed E-state index contributed by atoms with van der Waals surface area (Å²) in [6.45, 7) is 0. The Morgan fingerprint density at radius 3 is 1.50 bits per heavy atom. The van der Waals surface area contributed by atoms with Gasteiger partial charge < -0.3 is 0 Å².